The van der Waals surface area contributed by atoms with Crippen molar-refractivity contribution in [1.82, 2.24) is 4.90 Å². The Morgan fingerprint density at radius 3 is 2.83 bits per heavy atom. The first-order chi connectivity index (χ1) is 8.65. The van der Waals surface area contributed by atoms with Crippen molar-refractivity contribution in [2.45, 2.75) is 25.7 Å². The zero-order chi connectivity index (χ0) is 13.1. The number of aryl methyl sites for hydroxylation is 1. The highest BCUT2D eigenvalue weighted by molar-refractivity contribution is 5.88. The van der Waals surface area contributed by atoms with Gasteiger partial charge in [-0.05, 0) is 38.1 Å². The fraction of sp³-hybridized carbons (Fsp3) is 0.533. The highest BCUT2D eigenvalue weighted by Gasteiger charge is 2.28. The summed E-state index contributed by atoms with van der Waals surface area (Å²) in [5.74, 6) is 1.15. The van der Waals surface area contributed by atoms with Gasteiger partial charge in [-0.2, -0.15) is 0 Å². The average Bonchev–Trinajstić information content (AvgIpc) is 2.38. The molecule has 1 aromatic carbocycles. The molecule has 18 heavy (non-hydrogen) atoms. The van der Waals surface area contributed by atoms with Gasteiger partial charge in [0.25, 0.3) is 0 Å². The predicted octanol–water partition coefficient (Wildman–Crippen LogP) is 2.25. The largest absolute Gasteiger partial charge is 0.496 e. The maximum atomic E-state index is 12.2. The van der Waals surface area contributed by atoms with Crippen LogP contribution in [0.3, 0.4) is 0 Å². The van der Waals surface area contributed by atoms with Crippen LogP contribution in [0.15, 0.2) is 18.2 Å². The number of hydrogen-bond donors (Lipinski definition) is 0. The summed E-state index contributed by atoms with van der Waals surface area (Å²) in [5, 5.41) is 0. The summed E-state index contributed by atoms with van der Waals surface area (Å²) >= 11 is 0. The molecule has 0 radical (unpaired) electrons. The van der Waals surface area contributed by atoms with Crippen molar-refractivity contribution in [3.05, 3.63) is 29.3 Å². The monoisotopic (exact) mass is 247 g/mol. The van der Waals surface area contributed by atoms with Crippen LogP contribution in [-0.4, -0.2) is 37.9 Å². The third kappa shape index (κ3) is 2.56. The lowest BCUT2D eigenvalue weighted by Gasteiger charge is -2.29. The Bertz CT molecular complexity index is 442. The van der Waals surface area contributed by atoms with Gasteiger partial charge in [0.1, 0.15) is 5.75 Å². The Hall–Kier alpha value is -1.35. The molecule has 1 aliphatic heterocycles. The average molecular weight is 247 g/mol. The van der Waals surface area contributed by atoms with Gasteiger partial charge in [-0.15, -0.1) is 0 Å². The number of carbonyl (C=O) groups is 1. The van der Waals surface area contributed by atoms with Crippen LogP contribution in [0.5, 0.6) is 5.75 Å². The third-order valence-electron chi connectivity index (χ3n) is 3.69. The summed E-state index contributed by atoms with van der Waals surface area (Å²) in [7, 11) is 3.66. The number of ketones is 1. The van der Waals surface area contributed by atoms with Crippen LogP contribution in [0.25, 0.3) is 0 Å². The van der Waals surface area contributed by atoms with Gasteiger partial charge in [0, 0.05) is 11.5 Å². The number of nitrogens with zero attached hydrogens (tertiary/aromatic N) is 1. The summed E-state index contributed by atoms with van der Waals surface area (Å²) in [5.41, 5.74) is 2.33. The van der Waals surface area contributed by atoms with Crippen molar-refractivity contribution in [1.29, 1.82) is 0 Å². The van der Waals surface area contributed by atoms with E-state index in [0.29, 0.717) is 12.3 Å². The number of benzene rings is 1. The standard InChI is InChI=1S/C15H21NO2/c1-4-11-5-6-15(18-3)13(9-11)12-7-8-16(2)10-14(12)17/h5-6,9,12H,4,7-8,10H2,1-3H3. The van der Waals surface area contributed by atoms with Gasteiger partial charge in [-0.25, -0.2) is 0 Å². The van der Waals surface area contributed by atoms with E-state index in [9.17, 15) is 4.79 Å². The predicted molar refractivity (Wildman–Crippen MR) is 72.2 cm³/mol. The molecule has 0 N–H and O–H groups in total. The summed E-state index contributed by atoms with van der Waals surface area (Å²) in [6.07, 6.45) is 1.87. The second-order valence-electron chi connectivity index (χ2n) is 4.98. The first-order valence-electron chi connectivity index (χ1n) is 6.53. The van der Waals surface area contributed by atoms with E-state index in [2.05, 4.69) is 24.0 Å². The molecular formula is C15H21NO2. The Kier molecular flexibility index (Phi) is 4.02. The van der Waals surface area contributed by atoms with Crippen molar-refractivity contribution in [3.63, 3.8) is 0 Å². The van der Waals surface area contributed by atoms with E-state index in [4.69, 9.17) is 4.74 Å². The summed E-state index contributed by atoms with van der Waals surface area (Å²) < 4.78 is 5.41. The molecule has 98 valence electrons. The molecule has 0 spiro atoms. The van der Waals surface area contributed by atoms with Crippen LogP contribution in [0.1, 0.15) is 30.4 Å². The lowest BCUT2D eigenvalue weighted by molar-refractivity contribution is -0.123. The summed E-state index contributed by atoms with van der Waals surface area (Å²) in [4.78, 5) is 14.3. The first kappa shape index (κ1) is 13.1. The molecule has 3 heteroatoms. The number of rotatable bonds is 3. The molecule has 0 aliphatic carbocycles. The fourth-order valence-corrected chi connectivity index (χ4v) is 2.57. The molecule has 1 fully saturated rings. The number of Topliss-reactive ketones (excluding diaryl/α,β-unsaturated/α-hetero) is 1. The summed E-state index contributed by atoms with van der Waals surface area (Å²) in [6, 6.07) is 6.19. The lowest BCUT2D eigenvalue weighted by Crippen LogP contribution is -2.37. The fourth-order valence-electron chi connectivity index (χ4n) is 2.57. The van der Waals surface area contributed by atoms with E-state index in [-0.39, 0.29) is 5.92 Å². The highest BCUT2D eigenvalue weighted by atomic mass is 16.5. The van der Waals surface area contributed by atoms with Gasteiger partial charge in [0.05, 0.1) is 13.7 Å². The molecule has 1 aliphatic rings. The number of hydrogen-bond acceptors (Lipinski definition) is 3. The Labute approximate surface area is 109 Å². The SMILES string of the molecule is CCc1ccc(OC)c(C2CCN(C)CC2=O)c1. The highest BCUT2D eigenvalue weighted by Crippen LogP contribution is 2.33. The number of ether oxygens (including phenoxy) is 1. The molecule has 1 heterocycles. The zero-order valence-electron chi connectivity index (χ0n) is 11.4. The van der Waals surface area contributed by atoms with Crippen LogP contribution in [-0.2, 0) is 11.2 Å². The second-order valence-corrected chi connectivity index (χ2v) is 4.98. The third-order valence-corrected chi connectivity index (χ3v) is 3.69. The van der Waals surface area contributed by atoms with Gasteiger partial charge in [-0.1, -0.05) is 19.1 Å². The minimum atomic E-state index is 0.00245. The van der Waals surface area contributed by atoms with E-state index in [0.717, 1.165) is 30.7 Å². The molecule has 0 bridgehead atoms. The number of likely N-dealkylation sites (tertiary alicyclic amines) is 1. The van der Waals surface area contributed by atoms with E-state index >= 15 is 0 Å². The van der Waals surface area contributed by atoms with Crippen molar-refractivity contribution >= 4 is 5.78 Å². The van der Waals surface area contributed by atoms with E-state index < -0.39 is 0 Å². The van der Waals surface area contributed by atoms with Gasteiger partial charge >= 0.3 is 0 Å². The van der Waals surface area contributed by atoms with E-state index in [1.54, 1.807) is 7.11 Å². The minimum absolute atomic E-state index is 0.00245. The van der Waals surface area contributed by atoms with Crippen molar-refractivity contribution in [3.8, 4) is 5.75 Å². The molecule has 0 aromatic heterocycles. The van der Waals surface area contributed by atoms with E-state index in [1.807, 2.05) is 13.1 Å². The summed E-state index contributed by atoms with van der Waals surface area (Å²) in [6.45, 7) is 3.64. The maximum Gasteiger partial charge on any atom is 0.154 e. The molecule has 1 atom stereocenters. The normalized spacial score (nSPS) is 21.1. The van der Waals surface area contributed by atoms with Gasteiger partial charge in [-0.3, -0.25) is 9.69 Å². The van der Waals surface area contributed by atoms with Crippen molar-refractivity contribution in [2.75, 3.05) is 27.2 Å². The Morgan fingerprint density at radius 1 is 1.44 bits per heavy atom. The molecule has 0 amide bonds. The molecular weight excluding hydrogens is 226 g/mol. The Balaban J connectivity index is 2.33. The van der Waals surface area contributed by atoms with Crippen LogP contribution < -0.4 is 4.74 Å². The topological polar surface area (TPSA) is 29.5 Å². The van der Waals surface area contributed by atoms with Gasteiger partial charge in [0.2, 0.25) is 0 Å². The number of carbonyl (C=O) groups excluding carboxylic acids is 1. The van der Waals surface area contributed by atoms with Crippen LogP contribution in [0, 0.1) is 0 Å². The zero-order valence-corrected chi connectivity index (χ0v) is 11.4. The molecule has 1 saturated heterocycles. The Morgan fingerprint density at radius 2 is 2.22 bits per heavy atom. The molecule has 2 rings (SSSR count). The minimum Gasteiger partial charge on any atom is -0.496 e. The van der Waals surface area contributed by atoms with Crippen LogP contribution in [0.2, 0.25) is 0 Å². The maximum absolute atomic E-state index is 12.2. The molecule has 3 nitrogen and oxygen atoms in total. The van der Waals surface area contributed by atoms with Crippen molar-refractivity contribution < 1.29 is 9.53 Å². The molecule has 1 unspecified atom stereocenters. The van der Waals surface area contributed by atoms with Gasteiger partial charge in [0.15, 0.2) is 5.78 Å². The molecule has 1 aromatic rings. The lowest BCUT2D eigenvalue weighted by atomic mass is 9.87. The van der Waals surface area contributed by atoms with Gasteiger partial charge < -0.3 is 4.74 Å². The van der Waals surface area contributed by atoms with Crippen LogP contribution in [0.4, 0.5) is 0 Å². The van der Waals surface area contributed by atoms with Crippen LogP contribution >= 0.6 is 0 Å². The first-order valence-corrected chi connectivity index (χ1v) is 6.53. The number of piperidine rings is 1. The quantitative estimate of drug-likeness (QED) is 0.820. The smallest absolute Gasteiger partial charge is 0.154 e. The molecule has 0 saturated carbocycles. The second kappa shape index (κ2) is 5.53. The van der Waals surface area contributed by atoms with Crippen molar-refractivity contribution in [2.24, 2.45) is 0 Å². The number of likely N-dealkylation sites (N-methyl/N-ethyl adjacent to an activating group) is 1. The van der Waals surface area contributed by atoms with E-state index in [1.165, 1.54) is 5.56 Å². The number of methoxy groups -OCH3 is 1.